The summed E-state index contributed by atoms with van der Waals surface area (Å²) in [5.74, 6) is -5.22. The smallest absolute Gasteiger partial charge is 0.343 e. The Balaban J connectivity index is 0.00000194. The van der Waals surface area contributed by atoms with E-state index in [9.17, 15) is 33.6 Å². The first kappa shape index (κ1) is 60.2. The van der Waals surface area contributed by atoms with E-state index in [4.69, 9.17) is 52.2 Å². The van der Waals surface area contributed by atoms with Crippen LogP contribution in [0.5, 0.6) is 34.5 Å². The Morgan fingerprint density at radius 3 is 1.23 bits per heavy atom. The summed E-state index contributed by atoms with van der Waals surface area (Å²) in [6.45, 7) is 12.5. The zero-order chi connectivity index (χ0) is 54.3. The van der Waals surface area contributed by atoms with Gasteiger partial charge in [-0.25, -0.2) is 24.0 Å². The van der Waals surface area contributed by atoms with Gasteiger partial charge in [0.15, 0.2) is 0 Å². The molecule has 18 nitrogen and oxygen atoms in total. The summed E-state index contributed by atoms with van der Waals surface area (Å²) >= 11 is 0. The summed E-state index contributed by atoms with van der Waals surface area (Å²) in [5.41, 5.74) is 0.138. The predicted molar refractivity (Wildman–Crippen MR) is 270 cm³/mol. The van der Waals surface area contributed by atoms with Crippen molar-refractivity contribution in [2.24, 2.45) is 11.8 Å². The van der Waals surface area contributed by atoms with Gasteiger partial charge in [0.2, 0.25) is 0 Å². The lowest BCUT2D eigenvalue weighted by molar-refractivity contribution is -0.145. The molecule has 1 aliphatic rings. The molecule has 0 heterocycles. The van der Waals surface area contributed by atoms with Crippen molar-refractivity contribution in [1.29, 1.82) is 0 Å². The lowest BCUT2D eigenvalue weighted by Gasteiger charge is -2.26. The lowest BCUT2D eigenvalue weighted by atomic mass is 9.82. The average Bonchev–Trinajstić information content (AvgIpc) is 3.42. The van der Waals surface area contributed by atoms with E-state index in [1.807, 2.05) is 0 Å². The van der Waals surface area contributed by atoms with E-state index in [1.165, 1.54) is 61.0 Å². The fourth-order valence-electron chi connectivity index (χ4n) is 6.68. The van der Waals surface area contributed by atoms with Crippen molar-refractivity contribution in [2.75, 3.05) is 47.8 Å². The van der Waals surface area contributed by atoms with Gasteiger partial charge in [-0.2, -0.15) is 0 Å². The van der Waals surface area contributed by atoms with Crippen molar-refractivity contribution >= 4 is 48.1 Å². The average molecular weight is 1030 g/mol. The second-order valence-corrected chi connectivity index (χ2v) is 16.1. The van der Waals surface area contributed by atoms with Crippen LogP contribution in [0.4, 0.5) is 0 Å². The Kier molecular flexibility index (Phi) is 27.3. The van der Waals surface area contributed by atoms with E-state index in [0.29, 0.717) is 50.4 Å². The Bertz CT molecular complexity index is 2480. The third-order valence-electron chi connectivity index (χ3n) is 10.5. The number of unbranched alkanes of at least 4 members (excludes halogenated alkanes) is 2. The minimum absolute atomic E-state index is 0.00921. The van der Waals surface area contributed by atoms with Crippen molar-refractivity contribution in [1.82, 2.24) is 0 Å². The van der Waals surface area contributed by atoms with Crippen LogP contribution in [0.15, 0.2) is 110 Å². The largest absolute Gasteiger partial charge is 0.494 e. The highest BCUT2D eigenvalue weighted by molar-refractivity contribution is 5.96. The first-order valence-corrected chi connectivity index (χ1v) is 23.9. The molecular weight excluding hydrogens is 961 g/mol. The molecular formula is C56H64O18. The SMILES string of the molecule is C=CC(=O)OCCCCOc1ccc(C(=O)Oc2ccc(OC(=O)C3CCC(C(=O)Oc4ccc(OC(=O)c5ccc(OCCCCOC)cc5)cc4C(=O)OC)CC3)c(C(=O)OC)c2)cc1.C=CC=O.CCC. The summed E-state index contributed by atoms with van der Waals surface area (Å²) in [6.07, 6.45) is 8.09. The minimum Gasteiger partial charge on any atom is -0.494 e. The van der Waals surface area contributed by atoms with Gasteiger partial charge < -0.3 is 47.4 Å². The Hall–Kier alpha value is -8.12. The van der Waals surface area contributed by atoms with E-state index in [0.717, 1.165) is 33.1 Å². The van der Waals surface area contributed by atoms with Gasteiger partial charge >= 0.3 is 41.8 Å². The molecule has 0 spiro atoms. The molecule has 5 rings (SSSR count). The number of hydrogen-bond acceptors (Lipinski definition) is 18. The van der Waals surface area contributed by atoms with Gasteiger partial charge in [0.05, 0.1) is 57.0 Å². The first-order valence-electron chi connectivity index (χ1n) is 23.9. The van der Waals surface area contributed by atoms with Gasteiger partial charge in [-0.05, 0) is 142 Å². The highest BCUT2D eigenvalue weighted by Crippen LogP contribution is 2.34. The molecule has 1 aliphatic carbocycles. The van der Waals surface area contributed by atoms with Crippen LogP contribution in [-0.2, 0) is 38.1 Å². The highest BCUT2D eigenvalue weighted by atomic mass is 16.6. The number of aldehydes is 1. The molecule has 0 N–H and O–H groups in total. The van der Waals surface area contributed by atoms with Crippen molar-refractivity contribution in [3.05, 3.63) is 132 Å². The topological polar surface area (TPSA) is 229 Å². The van der Waals surface area contributed by atoms with Crippen LogP contribution in [0.2, 0.25) is 0 Å². The van der Waals surface area contributed by atoms with Crippen LogP contribution in [0.1, 0.15) is 113 Å². The van der Waals surface area contributed by atoms with E-state index in [2.05, 4.69) is 27.0 Å². The number of benzene rings is 4. The molecule has 396 valence electrons. The molecule has 18 heteroatoms. The number of rotatable bonds is 24. The predicted octanol–water partition coefficient (Wildman–Crippen LogP) is 9.50. The molecule has 0 bridgehead atoms. The third kappa shape index (κ3) is 20.5. The van der Waals surface area contributed by atoms with Crippen molar-refractivity contribution < 1.29 is 85.7 Å². The Morgan fingerprint density at radius 1 is 0.514 bits per heavy atom. The number of hydrogen-bond donors (Lipinski definition) is 0. The highest BCUT2D eigenvalue weighted by Gasteiger charge is 2.34. The van der Waals surface area contributed by atoms with Crippen LogP contribution < -0.4 is 28.4 Å². The van der Waals surface area contributed by atoms with Crippen molar-refractivity contribution in [3.8, 4) is 34.5 Å². The van der Waals surface area contributed by atoms with Crippen molar-refractivity contribution in [2.45, 2.75) is 71.6 Å². The van der Waals surface area contributed by atoms with Crippen LogP contribution in [0.25, 0.3) is 0 Å². The summed E-state index contributed by atoms with van der Waals surface area (Å²) in [7, 11) is 3.94. The molecule has 1 fully saturated rings. The van der Waals surface area contributed by atoms with E-state index in [-0.39, 0.29) is 77.5 Å². The second-order valence-electron chi connectivity index (χ2n) is 16.1. The van der Waals surface area contributed by atoms with Gasteiger partial charge in [0.25, 0.3) is 0 Å². The quantitative estimate of drug-likeness (QED) is 0.0159. The van der Waals surface area contributed by atoms with Gasteiger partial charge in [0.1, 0.15) is 51.9 Å². The molecule has 0 aliphatic heterocycles. The molecule has 4 aromatic carbocycles. The normalized spacial score (nSPS) is 13.3. The molecule has 0 radical (unpaired) electrons. The Morgan fingerprint density at radius 2 is 0.878 bits per heavy atom. The molecule has 0 unspecified atom stereocenters. The molecule has 0 aromatic heterocycles. The molecule has 74 heavy (non-hydrogen) atoms. The summed E-state index contributed by atoms with van der Waals surface area (Å²) in [4.78, 5) is 98.2. The first-order chi connectivity index (χ1) is 35.7. The third-order valence-corrected chi connectivity index (χ3v) is 10.5. The van der Waals surface area contributed by atoms with Gasteiger partial charge in [0, 0.05) is 19.8 Å². The zero-order valence-electron chi connectivity index (χ0n) is 42.4. The van der Waals surface area contributed by atoms with E-state index < -0.39 is 53.6 Å². The molecule has 0 saturated heterocycles. The van der Waals surface area contributed by atoms with Crippen molar-refractivity contribution in [3.63, 3.8) is 0 Å². The summed E-state index contributed by atoms with van der Waals surface area (Å²) < 4.78 is 53.4. The maximum atomic E-state index is 13.4. The lowest BCUT2D eigenvalue weighted by Crippen LogP contribution is -2.31. The van der Waals surface area contributed by atoms with Crippen LogP contribution in [0.3, 0.4) is 0 Å². The summed E-state index contributed by atoms with van der Waals surface area (Å²) in [5, 5.41) is 0. The monoisotopic (exact) mass is 1020 g/mol. The van der Waals surface area contributed by atoms with Gasteiger partial charge in [-0.3, -0.25) is 14.4 Å². The van der Waals surface area contributed by atoms with Gasteiger partial charge in [-0.15, -0.1) is 0 Å². The van der Waals surface area contributed by atoms with Crippen LogP contribution in [-0.4, -0.2) is 95.8 Å². The van der Waals surface area contributed by atoms with Crippen LogP contribution >= 0.6 is 0 Å². The van der Waals surface area contributed by atoms with Crippen LogP contribution in [0, 0.1) is 11.8 Å². The Labute approximate surface area is 430 Å². The molecule has 0 atom stereocenters. The number of methoxy groups -OCH3 is 3. The maximum Gasteiger partial charge on any atom is 0.343 e. The number of ether oxygens (including phenoxy) is 10. The fourth-order valence-corrected chi connectivity index (χ4v) is 6.68. The number of carbonyl (C=O) groups excluding carboxylic acids is 8. The minimum atomic E-state index is -0.842. The molecule has 0 amide bonds. The second kappa shape index (κ2) is 33.5. The number of esters is 7. The van der Waals surface area contributed by atoms with E-state index >= 15 is 0 Å². The number of carbonyl (C=O) groups is 8. The van der Waals surface area contributed by atoms with E-state index in [1.54, 1.807) is 43.5 Å². The molecule has 1 saturated carbocycles. The zero-order valence-corrected chi connectivity index (χ0v) is 42.4. The summed E-state index contributed by atoms with van der Waals surface area (Å²) in [6, 6.07) is 20.5. The standard InChI is InChI=1S/C50H52O17.C3H4O.C3H8/c1-5-44(51)63-29-9-8-28-62-37-20-16-35(17-21-37)46(53)65-39-23-25-43(41(31-39)50(57)60-4)67-48(55)33-12-10-32(11-13-33)47(54)66-42-24-22-38(30-40(42)49(56)59-3)64-45(52)34-14-18-36(19-15-34)61-27-7-6-26-58-2;1-2-3-4;1-3-2/h5,14-25,30-33H,1,6-13,26-29H2,2-4H3;2-3H,1H2;3H2,1-2H3. The number of allylic oxidation sites excluding steroid dienone is 1. The van der Waals surface area contributed by atoms with Gasteiger partial charge in [-0.1, -0.05) is 33.4 Å². The maximum absolute atomic E-state index is 13.4. The molecule has 4 aromatic rings. The fraction of sp³-hybridized carbons (Fsp3) is 0.357.